The third-order valence-corrected chi connectivity index (χ3v) is 8.15. The Bertz CT molecular complexity index is 1450. The number of hydrogen-bond donors (Lipinski definition) is 1. The molecule has 1 N–H and O–H groups in total. The maximum absolute atomic E-state index is 14.3. The number of carbonyl (C=O) groups excluding carboxylic acids is 2. The number of thiophene rings is 1. The summed E-state index contributed by atoms with van der Waals surface area (Å²) in [5.74, 6) is -0.170. The standard InChI is InChI=1S/C32H31ClFNO4S/c1-5-22(24-9-13-25(14-10-24)32(17-18-32)30(36)38-6-2)8-7-20(3)29-27(19-28(34)40-29)35-31(37)39-21(4)23-11-15-26(33)16-12-23/h5,7-16,19,21H,1,6,17-18H2,2-4H3,(H,35,37)/b20-7+,22-8+/t21-/m1/s1. The normalized spacial score (nSPS) is 15.2. The van der Waals surface area contributed by atoms with E-state index in [9.17, 15) is 14.0 Å². The number of carbonyl (C=O) groups is 2. The van der Waals surface area contributed by atoms with Crippen LogP contribution in [0.15, 0.2) is 79.4 Å². The molecule has 1 saturated carbocycles. The van der Waals surface area contributed by atoms with Crippen LogP contribution in [0.25, 0.3) is 11.1 Å². The fourth-order valence-electron chi connectivity index (χ4n) is 4.41. The van der Waals surface area contributed by atoms with Crippen molar-refractivity contribution >= 4 is 51.8 Å². The summed E-state index contributed by atoms with van der Waals surface area (Å²) in [6.45, 7) is 9.70. The van der Waals surface area contributed by atoms with Gasteiger partial charge in [0.25, 0.3) is 0 Å². The first kappa shape index (κ1) is 29.3. The van der Waals surface area contributed by atoms with Gasteiger partial charge >= 0.3 is 12.1 Å². The molecule has 0 unspecified atom stereocenters. The van der Waals surface area contributed by atoms with Crippen molar-refractivity contribution in [3.63, 3.8) is 0 Å². The van der Waals surface area contributed by atoms with E-state index in [2.05, 4.69) is 11.9 Å². The minimum Gasteiger partial charge on any atom is -0.465 e. The van der Waals surface area contributed by atoms with E-state index < -0.39 is 22.7 Å². The molecule has 1 amide bonds. The van der Waals surface area contributed by atoms with E-state index in [4.69, 9.17) is 21.1 Å². The summed E-state index contributed by atoms with van der Waals surface area (Å²) in [6, 6.07) is 16.1. The van der Waals surface area contributed by atoms with Crippen LogP contribution in [0.2, 0.25) is 5.02 Å². The SMILES string of the molecule is C=C/C(=C\C=C(/C)c1sc(F)cc1NC(=O)O[C@H](C)c1ccc(Cl)cc1)c1ccc(C2(C(=O)OCC)CC2)cc1. The van der Waals surface area contributed by atoms with E-state index in [-0.39, 0.29) is 5.97 Å². The number of amides is 1. The Labute approximate surface area is 243 Å². The van der Waals surface area contributed by atoms with E-state index >= 15 is 0 Å². The molecule has 1 fully saturated rings. The van der Waals surface area contributed by atoms with Crippen LogP contribution in [0.3, 0.4) is 0 Å². The summed E-state index contributed by atoms with van der Waals surface area (Å²) >= 11 is 6.86. The van der Waals surface area contributed by atoms with Crippen LogP contribution in [0, 0.1) is 5.13 Å². The lowest BCUT2D eigenvalue weighted by molar-refractivity contribution is -0.146. The smallest absolute Gasteiger partial charge is 0.412 e. The van der Waals surface area contributed by atoms with Gasteiger partial charge in [-0.2, -0.15) is 4.39 Å². The van der Waals surface area contributed by atoms with Gasteiger partial charge in [-0.1, -0.05) is 72.8 Å². The second kappa shape index (κ2) is 12.7. The van der Waals surface area contributed by atoms with Crippen LogP contribution in [-0.2, 0) is 19.7 Å². The van der Waals surface area contributed by atoms with E-state index in [1.54, 1.807) is 37.3 Å². The molecule has 5 nitrogen and oxygen atoms in total. The number of rotatable bonds is 10. The first-order valence-electron chi connectivity index (χ1n) is 13.0. The van der Waals surface area contributed by atoms with Gasteiger partial charge in [0.05, 0.1) is 22.6 Å². The number of nitrogens with one attached hydrogen (secondary N) is 1. The predicted octanol–water partition coefficient (Wildman–Crippen LogP) is 9.12. The quantitative estimate of drug-likeness (QED) is 0.192. The highest BCUT2D eigenvalue weighted by Gasteiger charge is 2.52. The Hall–Kier alpha value is -3.68. The summed E-state index contributed by atoms with van der Waals surface area (Å²) in [6.07, 6.45) is 5.85. The molecular weight excluding hydrogens is 549 g/mol. The number of benzene rings is 2. The minimum absolute atomic E-state index is 0.170. The molecule has 1 atom stereocenters. The second-order valence-electron chi connectivity index (χ2n) is 9.57. The average Bonchev–Trinajstić information content (AvgIpc) is 3.67. The Kier molecular flexibility index (Phi) is 9.28. The van der Waals surface area contributed by atoms with Crippen LogP contribution < -0.4 is 5.32 Å². The Morgan fingerprint density at radius 3 is 2.42 bits per heavy atom. The topological polar surface area (TPSA) is 64.6 Å². The predicted molar refractivity (Wildman–Crippen MR) is 160 cm³/mol. The van der Waals surface area contributed by atoms with Gasteiger partial charge in [0.1, 0.15) is 6.10 Å². The van der Waals surface area contributed by atoms with Crippen LogP contribution in [-0.4, -0.2) is 18.7 Å². The maximum Gasteiger partial charge on any atom is 0.412 e. The molecule has 1 aliphatic carbocycles. The van der Waals surface area contributed by atoms with Gasteiger partial charge in [-0.15, -0.1) is 11.3 Å². The van der Waals surface area contributed by atoms with Crippen molar-refractivity contribution in [2.24, 2.45) is 0 Å². The van der Waals surface area contributed by atoms with Gasteiger partial charge in [0.2, 0.25) is 0 Å². The van der Waals surface area contributed by atoms with Gasteiger partial charge in [0.15, 0.2) is 5.13 Å². The molecular formula is C32H31ClFNO4S. The molecule has 3 aromatic rings. The van der Waals surface area contributed by atoms with Gasteiger partial charge in [-0.05, 0) is 73.6 Å². The number of allylic oxidation sites excluding steroid dienone is 5. The van der Waals surface area contributed by atoms with E-state index in [0.29, 0.717) is 22.2 Å². The van der Waals surface area contributed by atoms with Crippen molar-refractivity contribution in [2.45, 2.75) is 45.1 Å². The van der Waals surface area contributed by atoms with Gasteiger partial charge in [-0.25, -0.2) is 4.79 Å². The van der Waals surface area contributed by atoms with Crippen molar-refractivity contribution in [1.82, 2.24) is 0 Å². The van der Waals surface area contributed by atoms with Crippen molar-refractivity contribution in [2.75, 3.05) is 11.9 Å². The molecule has 40 heavy (non-hydrogen) atoms. The monoisotopic (exact) mass is 579 g/mol. The number of hydrogen-bond acceptors (Lipinski definition) is 5. The van der Waals surface area contributed by atoms with E-state index in [1.807, 2.05) is 50.3 Å². The fraction of sp³-hybridized carbons (Fsp3) is 0.250. The molecule has 1 aliphatic rings. The summed E-state index contributed by atoms with van der Waals surface area (Å²) in [5, 5.41) is 2.83. The molecule has 1 heterocycles. The number of anilines is 1. The molecule has 8 heteroatoms. The molecule has 208 valence electrons. The number of ether oxygens (including phenoxy) is 2. The Morgan fingerprint density at radius 2 is 1.82 bits per heavy atom. The Morgan fingerprint density at radius 1 is 1.15 bits per heavy atom. The van der Waals surface area contributed by atoms with Gasteiger partial charge in [0, 0.05) is 11.1 Å². The lowest BCUT2D eigenvalue weighted by atomic mass is 9.93. The Balaban J connectivity index is 1.47. The maximum atomic E-state index is 14.3. The van der Waals surface area contributed by atoms with E-state index in [1.165, 1.54) is 6.07 Å². The number of esters is 1. The summed E-state index contributed by atoms with van der Waals surface area (Å²) in [7, 11) is 0. The summed E-state index contributed by atoms with van der Waals surface area (Å²) in [4.78, 5) is 25.6. The van der Waals surface area contributed by atoms with E-state index in [0.717, 1.165) is 52.0 Å². The first-order chi connectivity index (χ1) is 19.2. The highest BCUT2D eigenvalue weighted by molar-refractivity contribution is 7.12. The summed E-state index contributed by atoms with van der Waals surface area (Å²) in [5.41, 5.74) is 4.08. The average molecular weight is 580 g/mol. The molecule has 0 spiro atoms. The molecule has 1 aromatic heterocycles. The summed E-state index contributed by atoms with van der Waals surface area (Å²) < 4.78 is 25.0. The zero-order valence-corrected chi connectivity index (χ0v) is 24.2. The molecule has 0 aliphatic heterocycles. The first-order valence-corrected chi connectivity index (χ1v) is 14.2. The lowest BCUT2D eigenvalue weighted by Crippen LogP contribution is -2.23. The third kappa shape index (κ3) is 6.72. The van der Waals surface area contributed by atoms with Crippen molar-refractivity contribution < 1.29 is 23.5 Å². The highest BCUT2D eigenvalue weighted by atomic mass is 35.5. The third-order valence-electron chi connectivity index (χ3n) is 6.84. The molecule has 4 rings (SSSR count). The molecule has 0 saturated heterocycles. The molecule has 0 bridgehead atoms. The van der Waals surface area contributed by atoms with Gasteiger partial charge < -0.3 is 9.47 Å². The zero-order valence-electron chi connectivity index (χ0n) is 22.6. The van der Waals surface area contributed by atoms with Crippen LogP contribution >= 0.6 is 22.9 Å². The molecule has 0 radical (unpaired) electrons. The minimum atomic E-state index is -0.687. The van der Waals surface area contributed by atoms with Crippen molar-refractivity contribution in [3.05, 3.63) is 111 Å². The van der Waals surface area contributed by atoms with Crippen molar-refractivity contribution in [3.8, 4) is 0 Å². The highest BCUT2D eigenvalue weighted by Crippen LogP contribution is 2.49. The van der Waals surface area contributed by atoms with Crippen LogP contribution in [0.4, 0.5) is 14.9 Å². The largest absolute Gasteiger partial charge is 0.465 e. The zero-order chi connectivity index (χ0) is 28.9. The van der Waals surface area contributed by atoms with Crippen molar-refractivity contribution in [1.29, 1.82) is 0 Å². The fourth-order valence-corrected chi connectivity index (χ4v) is 5.35. The van der Waals surface area contributed by atoms with Gasteiger partial charge in [-0.3, -0.25) is 10.1 Å². The van der Waals surface area contributed by atoms with Crippen LogP contribution in [0.5, 0.6) is 0 Å². The molecule has 2 aromatic carbocycles. The lowest BCUT2D eigenvalue weighted by Gasteiger charge is -2.15. The second-order valence-corrected chi connectivity index (χ2v) is 11.0. The van der Waals surface area contributed by atoms with Crippen LogP contribution in [0.1, 0.15) is 61.3 Å². The number of halogens is 2.